The highest BCUT2D eigenvalue weighted by atomic mass is 35.5. The van der Waals surface area contributed by atoms with Crippen LogP contribution in [0.2, 0.25) is 5.02 Å². The largest absolute Gasteiger partial charge is 0.337 e. The molecule has 1 atom stereocenters. The van der Waals surface area contributed by atoms with Gasteiger partial charge in [0.05, 0.1) is 27.7 Å². The summed E-state index contributed by atoms with van der Waals surface area (Å²) in [5.74, 6) is 1.46. The van der Waals surface area contributed by atoms with Gasteiger partial charge in [-0.3, -0.25) is 15.0 Å². The topological polar surface area (TPSA) is 84.2 Å². The molecule has 2 aromatic carbocycles. The molecule has 1 fully saturated rings. The summed E-state index contributed by atoms with van der Waals surface area (Å²) in [4.78, 5) is 20.7. The van der Waals surface area contributed by atoms with Crippen LogP contribution in [0.1, 0.15) is 12.5 Å². The van der Waals surface area contributed by atoms with E-state index in [0.29, 0.717) is 0 Å². The Morgan fingerprint density at radius 2 is 2.03 bits per heavy atom. The van der Waals surface area contributed by atoms with Crippen molar-refractivity contribution in [1.82, 2.24) is 14.9 Å². The first-order valence-corrected chi connectivity index (χ1v) is 10.1. The predicted octanol–water partition coefficient (Wildman–Crippen LogP) is 5.01. The zero-order chi connectivity index (χ0) is 24.0. The van der Waals surface area contributed by atoms with Gasteiger partial charge in [0.2, 0.25) is 0 Å². The van der Waals surface area contributed by atoms with Crippen molar-refractivity contribution in [3.63, 3.8) is 0 Å². The molecule has 3 aromatic rings. The van der Waals surface area contributed by atoms with Crippen LogP contribution in [0.25, 0.3) is 10.9 Å². The number of hydrogen-bond acceptors (Lipinski definition) is 6. The van der Waals surface area contributed by atoms with Gasteiger partial charge in [-0.25, -0.2) is 23.1 Å². The van der Waals surface area contributed by atoms with Crippen LogP contribution in [0.5, 0.6) is 0 Å². The van der Waals surface area contributed by atoms with Gasteiger partial charge in [-0.1, -0.05) is 29.5 Å². The number of fused-ring (bicyclic) bond motifs is 1. The summed E-state index contributed by atoms with van der Waals surface area (Å²) in [6, 6.07) is 6.86. The minimum atomic E-state index is -3.07. The van der Waals surface area contributed by atoms with Crippen molar-refractivity contribution in [2.24, 2.45) is 5.41 Å². The second kappa shape index (κ2) is 8.17. The molecule has 2 heterocycles. The molecule has 1 aromatic heterocycles. The standard InChI is InChI=1S/C22H17ClF3N5O2/c1-21(10-30(2)11-22(21,25)26)7-6-13-8-17-14(9-18(13)31(32)33)20(28-12-27-17)29-16-5-3-4-15(23)19(16)24/h3-5,8-9,12H,10-11H2,1-2H3,(H,27,28,29). The van der Waals surface area contributed by atoms with Gasteiger partial charge in [0, 0.05) is 18.0 Å². The van der Waals surface area contributed by atoms with Crippen LogP contribution in [-0.4, -0.2) is 45.9 Å². The fraction of sp³-hybridized carbons (Fsp3) is 0.273. The lowest BCUT2D eigenvalue weighted by Crippen LogP contribution is -2.36. The maximum atomic E-state index is 14.4. The van der Waals surface area contributed by atoms with Crippen LogP contribution in [0, 0.1) is 33.2 Å². The van der Waals surface area contributed by atoms with E-state index in [1.807, 2.05) is 0 Å². The molecule has 1 N–H and O–H groups in total. The van der Waals surface area contributed by atoms with Gasteiger partial charge >= 0.3 is 0 Å². The molecule has 0 amide bonds. The molecule has 0 spiro atoms. The minimum Gasteiger partial charge on any atom is -0.337 e. The van der Waals surface area contributed by atoms with Crippen LogP contribution in [0.15, 0.2) is 36.7 Å². The number of rotatable bonds is 3. The van der Waals surface area contributed by atoms with Gasteiger partial charge in [-0.2, -0.15) is 0 Å². The third-order valence-corrected chi connectivity index (χ3v) is 5.78. The van der Waals surface area contributed by atoms with E-state index in [0.717, 1.165) is 0 Å². The average molecular weight is 476 g/mol. The molecule has 0 saturated carbocycles. The molecule has 170 valence electrons. The number of nitrogens with zero attached hydrogens (tertiary/aromatic N) is 4. The van der Waals surface area contributed by atoms with Crippen LogP contribution >= 0.6 is 11.6 Å². The lowest BCUT2D eigenvalue weighted by molar-refractivity contribution is -0.385. The highest BCUT2D eigenvalue weighted by Gasteiger charge is 2.55. The van der Waals surface area contributed by atoms with Crippen molar-refractivity contribution in [1.29, 1.82) is 0 Å². The second-order valence-electron chi connectivity index (χ2n) is 8.05. The highest BCUT2D eigenvalue weighted by molar-refractivity contribution is 6.31. The van der Waals surface area contributed by atoms with E-state index in [-0.39, 0.29) is 39.5 Å². The summed E-state index contributed by atoms with van der Waals surface area (Å²) in [5, 5.41) is 14.6. The van der Waals surface area contributed by atoms with Crippen LogP contribution in [-0.2, 0) is 0 Å². The molecule has 11 heteroatoms. The number of anilines is 2. The Bertz CT molecular complexity index is 1340. The predicted molar refractivity (Wildman–Crippen MR) is 118 cm³/mol. The fourth-order valence-electron chi connectivity index (χ4n) is 3.73. The van der Waals surface area contributed by atoms with E-state index < -0.39 is 34.3 Å². The summed E-state index contributed by atoms with van der Waals surface area (Å²) in [7, 11) is 1.56. The van der Waals surface area contributed by atoms with Gasteiger partial charge in [0.15, 0.2) is 5.82 Å². The van der Waals surface area contributed by atoms with Gasteiger partial charge in [0.25, 0.3) is 11.6 Å². The van der Waals surface area contributed by atoms with Gasteiger partial charge in [-0.15, -0.1) is 0 Å². The number of benzene rings is 2. The molecule has 1 aliphatic rings. The first-order valence-electron chi connectivity index (χ1n) is 9.74. The van der Waals surface area contributed by atoms with Gasteiger partial charge in [-0.05, 0) is 32.2 Å². The molecule has 0 bridgehead atoms. The zero-order valence-corrected chi connectivity index (χ0v) is 18.3. The SMILES string of the molecule is CN1CC(F)(F)C(C)(C#Cc2cc3ncnc(Nc4cccc(Cl)c4F)c3cc2[N+](=O)[O-])C1. The maximum absolute atomic E-state index is 14.4. The number of aromatic nitrogens is 2. The first kappa shape index (κ1) is 22.8. The van der Waals surface area contributed by atoms with Gasteiger partial charge < -0.3 is 5.32 Å². The summed E-state index contributed by atoms with van der Waals surface area (Å²) < 4.78 is 43.2. The monoisotopic (exact) mass is 475 g/mol. The van der Waals surface area contributed by atoms with Crippen molar-refractivity contribution >= 4 is 39.7 Å². The molecule has 4 rings (SSSR count). The van der Waals surface area contributed by atoms with Crippen molar-refractivity contribution in [2.45, 2.75) is 12.8 Å². The van der Waals surface area contributed by atoms with E-state index in [9.17, 15) is 23.3 Å². The molecule has 1 aliphatic heterocycles. The number of alkyl halides is 2. The highest BCUT2D eigenvalue weighted by Crippen LogP contribution is 2.42. The number of likely N-dealkylation sites (tertiary alicyclic amines) is 1. The second-order valence-corrected chi connectivity index (χ2v) is 8.46. The Morgan fingerprint density at radius 3 is 2.70 bits per heavy atom. The average Bonchev–Trinajstić information content (AvgIpc) is 2.95. The van der Waals surface area contributed by atoms with Crippen LogP contribution < -0.4 is 5.32 Å². The third kappa shape index (κ3) is 4.17. The Kier molecular flexibility index (Phi) is 5.64. The molecule has 1 saturated heterocycles. The van der Waals surface area contributed by atoms with Crippen LogP contribution in [0.3, 0.4) is 0 Å². The molecule has 7 nitrogen and oxygen atoms in total. The van der Waals surface area contributed by atoms with Gasteiger partial charge in [0.1, 0.15) is 23.1 Å². The quantitative estimate of drug-likeness (QED) is 0.325. The lowest BCUT2D eigenvalue weighted by atomic mass is 9.86. The summed E-state index contributed by atoms with van der Waals surface area (Å²) in [6.45, 7) is 0.913. The van der Waals surface area contributed by atoms with E-state index >= 15 is 0 Å². The van der Waals surface area contributed by atoms with Crippen LogP contribution in [0.4, 0.5) is 30.4 Å². The lowest BCUT2D eigenvalue weighted by Gasteiger charge is -2.23. The van der Waals surface area contributed by atoms with E-state index in [1.54, 1.807) is 7.05 Å². The molecular formula is C22H17ClF3N5O2. The number of hydrogen-bond donors (Lipinski definition) is 1. The normalized spacial score (nSPS) is 19.8. The maximum Gasteiger partial charge on any atom is 0.285 e. The Morgan fingerprint density at radius 1 is 1.27 bits per heavy atom. The van der Waals surface area contributed by atoms with Crippen molar-refractivity contribution < 1.29 is 18.1 Å². The van der Waals surface area contributed by atoms with Crippen molar-refractivity contribution in [3.05, 3.63) is 63.2 Å². The zero-order valence-electron chi connectivity index (χ0n) is 17.5. The Labute approximate surface area is 191 Å². The fourth-order valence-corrected chi connectivity index (χ4v) is 3.91. The first-order chi connectivity index (χ1) is 15.5. The third-order valence-electron chi connectivity index (χ3n) is 5.49. The van der Waals surface area contributed by atoms with Crippen molar-refractivity contribution in [2.75, 3.05) is 25.5 Å². The number of nitro benzene ring substituents is 1. The number of nitro groups is 1. The molecule has 33 heavy (non-hydrogen) atoms. The minimum absolute atomic E-state index is 0.0227. The Balaban J connectivity index is 1.81. The summed E-state index contributed by atoms with van der Waals surface area (Å²) in [5.41, 5.74) is -1.83. The molecule has 1 unspecified atom stereocenters. The van der Waals surface area contributed by atoms with E-state index in [2.05, 4.69) is 27.1 Å². The molecule has 0 radical (unpaired) electrons. The van der Waals surface area contributed by atoms with Crippen molar-refractivity contribution in [3.8, 4) is 11.8 Å². The Hall–Kier alpha value is -3.42. The summed E-state index contributed by atoms with van der Waals surface area (Å²) >= 11 is 5.81. The number of halogens is 4. The van der Waals surface area contributed by atoms with E-state index in [1.165, 1.54) is 48.5 Å². The molecule has 0 aliphatic carbocycles. The summed E-state index contributed by atoms with van der Waals surface area (Å²) in [6.07, 6.45) is 1.19. The smallest absolute Gasteiger partial charge is 0.285 e. The van der Waals surface area contributed by atoms with E-state index in [4.69, 9.17) is 11.6 Å². The number of nitrogens with one attached hydrogen (secondary N) is 1. The molecular weight excluding hydrogens is 459 g/mol.